The number of carbonyl (C=O) groups is 1. The molecular formula is C19H20Cl2N2O5S. The van der Waals surface area contributed by atoms with E-state index in [9.17, 15) is 13.2 Å². The van der Waals surface area contributed by atoms with Gasteiger partial charge in [0.25, 0.3) is 0 Å². The van der Waals surface area contributed by atoms with Crippen molar-refractivity contribution in [2.45, 2.75) is 31.3 Å². The van der Waals surface area contributed by atoms with Crippen LogP contribution < -0.4 is 19.5 Å². The van der Waals surface area contributed by atoms with Gasteiger partial charge in [0.15, 0.2) is 11.5 Å². The fourth-order valence-corrected chi connectivity index (χ4v) is 5.30. The molecule has 1 amide bonds. The van der Waals surface area contributed by atoms with Gasteiger partial charge in [-0.3, -0.25) is 4.79 Å². The van der Waals surface area contributed by atoms with Crippen LogP contribution in [0.25, 0.3) is 0 Å². The Morgan fingerprint density at radius 2 is 1.76 bits per heavy atom. The number of rotatable bonds is 7. The zero-order chi connectivity index (χ0) is 21.2. The Morgan fingerprint density at radius 1 is 1.10 bits per heavy atom. The van der Waals surface area contributed by atoms with Crippen molar-refractivity contribution in [3.05, 3.63) is 52.0 Å². The Balaban J connectivity index is 1.73. The Hall–Kier alpha value is -2.00. The average Bonchev–Trinajstić information content (AvgIpc) is 3.11. The van der Waals surface area contributed by atoms with Crippen molar-refractivity contribution in [1.82, 2.24) is 10.0 Å². The molecule has 3 rings (SSSR count). The summed E-state index contributed by atoms with van der Waals surface area (Å²) in [6.07, 6.45) is 0. The van der Waals surface area contributed by atoms with Gasteiger partial charge in [0.1, 0.15) is 10.9 Å². The molecule has 0 aliphatic carbocycles. The van der Waals surface area contributed by atoms with Crippen LogP contribution in [0, 0.1) is 5.92 Å². The van der Waals surface area contributed by atoms with Crippen LogP contribution in [0.1, 0.15) is 19.4 Å². The molecule has 0 fully saturated rings. The lowest BCUT2D eigenvalue weighted by Crippen LogP contribution is -2.49. The summed E-state index contributed by atoms with van der Waals surface area (Å²) in [5, 5.41) is 2.71. The summed E-state index contributed by atoms with van der Waals surface area (Å²) in [7, 11) is -4.11. The SMILES string of the molecule is CC(C)[C@H](NS(=O)(=O)c1c(Cl)cccc1Cl)C(=O)NCc1ccc2c(c1)OCO2. The summed E-state index contributed by atoms with van der Waals surface area (Å²) >= 11 is 12.0. The van der Waals surface area contributed by atoms with E-state index >= 15 is 0 Å². The van der Waals surface area contributed by atoms with Crippen LogP contribution in [0.4, 0.5) is 0 Å². The second-order valence-corrected chi connectivity index (χ2v) is 9.26. The van der Waals surface area contributed by atoms with Crippen LogP contribution >= 0.6 is 23.2 Å². The Bertz CT molecular complexity index is 1010. The molecule has 2 aromatic carbocycles. The van der Waals surface area contributed by atoms with Gasteiger partial charge in [-0.25, -0.2) is 8.42 Å². The van der Waals surface area contributed by atoms with Crippen molar-refractivity contribution in [1.29, 1.82) is 0 Å². The summed E-state index contributed by atoms with van der Waals surface area (Å²) in [6, 6.07) is 8.69. The van der Waals surface area contributed by atoms with Crippen LogP contribution in [0.5, 0.6) is 11.5 Å². The smallest absolute Gasteiger partial charge is 0.244 e. The summed E-state index contributed by atoms with van der Waals surface area (Å²) in [6.45, 7) is 3.84. The van der Waals surface area contributed by atoms with Crippen LogP contribution in [0.3, 0.4) is 0 Å². The highest BCUT2D eigenvalue weighted by Gasteiger charge is 2.30. The third-order valence-electron chi connectivity index (χ3n) is 4.32. The number of halogens is 2. The van der Waals surface area contributed by atoms with E-state index in [0.29, 0.717) is 11.5 Å². The number of hydrogen-bond donors (Lipinski definition) is 2. The monoisotopic (exact) mass is 458 g/mol. The predicted octanol–water partition coefficient (Wildman–Crippen LogP) is 3.34. The van der Waals surface area contributed by atoms with Gasteiger partial charge in [-0.2, -0.15) is 4.72 Å². The Morgan fingerprint density at radius 3 is 2.41 bits per heavy atom. The highest BCUT2D eigenvalue weighted by Crippen LogP contribution is 2.32. The second kappa shape index (κ2) is 8.79. The lowest BCUT2D eigenvalue weighted by atomic mass is 10.0. The third kappa shape index (κ3) is 4.95. The molecule has 0 saturated heterocycles. The number of fused-ring (bicyclic) bond motifs is 1. The molecule has 0 spiro atoms. The van der Waals surface area contributed by atoms with E-state index < -0.39 is 22.0 Å². The first-order chi connectivity index (χ1) is 13.7. The Labute approximate surface area is 179 Å². The molecule has 10 heteroatoms. The fraction of sp³-hybridized carbons (Fsp3) is 0.316. The van der Waals surface area contributed by atoms with E-state index in [-0.39, 0.29) is 34.2 Å². The van der Waals surface area contributed by atoms with Crippen LogP contribution in [0.2, 0.25) is 10.0 Å². The number of sulfonamides is 1. The number of nitrogens with one attached hydrogen (secondary N) is 2. The van der Waals surface area contributed by atoms with E-state index in [4.69, 9.17) is 32.7 Å². The maximum absolute atomic E-state index is 12.8. The van der Waals surface area contributed by atoms with Crippen molar-refractivity contribution in [2.75, 3.05) is 6.79 Å². The standard InChI is InChI=1S/C19H20Cl2N2O5S/c1-11(2)17(23-29(25,26)18-13(20)4-3-5-14(18)21)19(24)22-9-12-6-7-15-16(8-12)28-10-27-15/h3-8,11,17,23H,9-10H2,1-2H3,(H,22,24)/t17-/m0/s1. The largest absolute Gasteiger partial charge is 0.454 e. The molecule has 0 bridgehead atoms. The highest BCUT2D eigenvalue weighted by molar-refractivity contribution is 7.89. The zero-order valence-electron chi connectivity index (χ0n) is 15.7. The number of hydrogen-bond acceptors (Lipinski definition) is 5. The quantitative estimate of drug-likeness (QED) is 0.663. The minimum atomic E-state index is -4.11. The topological polar surface area (TPSA) is 93.7 Å². The van der Waals surface area contributed by atoms with Gasteiger partial charge in [-0.15, -0.1) is 0 Å². The van der Waals surface area contributed by atoms with E-state index in [1.54, 1.807) is 38.1 Å². The van der Waals surface area contributed by atoms with Crippen molar-refractivity contribution in [2.24, 2.45) is 5.92 Å². The molecule has 29 heavy (non-hydrogen) atoms. The normalized spacial score (nSPS) is 14.1. The van der Waals surface area contributed by atoms with Gasteiger partial charge in [0.05, 0.1) is 10.0 Å². The van der Waals surface area contributed by atoms with E-state index in [1.807, 2.05) is 0 Å². The van der Waals surface area contributed by atoms with Gasteiger partial charge in [-0.1, -0.05) is 49.2 Å². The van der Waals surface area contributed by atoms with E-state index in [0.717, 1.165) is 5.56 Å². The predicted molar refractivity (Wildman–Crippen MR) is 110 cm³/mol. The molecule has 7 nitrogen and oxygen atoms in total. The number of carbonyl (C=O) groups excluding carboxylic acids is 1. The van der Waals surface area contributed by atoms with Crippen LogP contribution in [-0.2, 0) is 21.4 Å². The number of benzene rings is 2. The highest BCUT2D eigenvalue weighted by atomic mass is 35.5. The maximum atomic E-state index is 12.8. The first kappa shape index (κ1) is 21.7. The molecule has 1 heterocycles. The van der Waals surface area contributed by atoms with Gasteiger partial charge < -0.3 is 14.8 Å². The molecule has 0 radical (unpaired) electrons. The summed E-state index contributed by atoms with van der Waals surface area (Å²) in [5.41, 5.74) is 0.794. The summed E-state index contributed by atoms with van der Waals surface area (Å²) < 4.78 is 38.6. The molecule has 2 N–H and O–H groups in total. The Kier molecular flexibility index (Phi) is 6.58. The van der Waals surface area contributed by atoms with Crippen molar-refractivity contribution < 1.29 is 22.7 Å². The van der Waals surface area contributed by atoms with Gasteiger partial charge in [-0.05, 0) is 35.7 Å². The van der Waals surface area contributed by atoms with Crippen LogP contribution in [-0.4, -0.2) is 27.2 Å². The van der Waals surface area contributed by atoms with Crippen molar-refractivity contribution in [3.63, 3.8) is 0 Å². The zero-order valence-corrected chi connectivity index (χ0v) is 18.1. The summed E-state index contributed by atoms with van der Waals surface area (Å²) in [5.74, 6) is 0.461. The molecular weight excluding hydrogens is 439 g/mol. The lowest BCUT2D eigenvalue weighted by Gasteiger charge is -2.22. The lowest BCUT2D eigenvalue weighted by molar-refractivity contribution is -0.123. The van der Waals surface area contributed by atoms with Crippen molar-refractivity contribution in [3.8, 4) is 11.5 Å². The molecule has 156 valence electrons. The average molecular weight is 459 g/mol. The summed E-state index contributed by atoms with van der Waals surface area (Å²) in [4.78, 5) is 12.5. The molecule has 0 aromatic heterocycles. The third-order valence-corrected chi connectivity index (χ3v) is 6.72. The molecule has 1 atom stereocenters. The van der Waals surface area contributed by atoms with E-state index in [2.05, 4.69) is 10.0 Å². The molecule has 0 unspecified atom stereocenters. The fourth-order valence-electron chi connectivity index (χ4n) is 2.81. The molecule has 2 aromatic rings. The number of ether oxygens (including phenoxy) is 2. The number of amides is 1. The van der Waals surface area contributed by atoms with Gasteiger partial charge in [0.2, 0.25) is 22.7 Å². The first-order valence-electron chi connectivity index (χ1n) is 8.81. The minimum Gasteiger partial charge on any atom is -0.454 e. The van der Waals surface area contributed by atoms with Gasteiger partial charge in [0, 0.05) is 6.54 Å². The first-order valence-corrected chi connectivity index (χ1v) is 11.1. The van der Waals surface area contributed by atoms with Gasteiger partial charge >= 0.3 is 0 Å². The minimum absolute atomic E-state index is 0.0201. The molecule has 1 aliphatic rings. The van der Waals surface area contributed by atoms with Crippen molar-refractivity contribution >= 4 is 39.1 Å². The van der Waals surface area contributed by atoms with E-state index in [1.165, 1.54) is 12.1 Å². The molecule has 1 aliphatic heterocycles. The maximum Gasteiger partial charge on any atom is 0.244 e. The molecule has 0 saturated carbocycles. The van der Waals surface area contributed by atoms with Crippen LogP contribution in [0.15, 0.2) is 41.3 Å². The second-order valence-electron chi connectivity index (χ2n) is 6.80.